The average molecular weight is 367 g/mol. The van der Waals surface area contributed by atoms with Gasteiger partial charge in [0, 0.05) is 23.2 Å². The van der Waals surface area contributed by atoms with Gasteiger partial charge in [-0.1, -0.05) is 36.4 Å². The van der Waals surface area contributed by atoms with E-state index in [-0.39, 0.29) is 12.4 Å². The maximum Gasteiger partial charge on any atom is 0.375 e. The number of anilines is 1. The number of furan rings is 1. The normalized spacial score (nSPS) is 11.9. The van der Waals surface area contributed by atoms with Crippen LogP contribution in [0.15, 0.2) is 59.0 Å². The van der Waals surface area contributed by atoms with E-state index in [0.717, 1.165) is 5.39 Å². The molecule has 0 bridgehead atoms. The van der Waals surface area contributed by atoms with Crippen LogP contribution in [0.2, 0.25) is 0 Å². The number of hydrogen-bond donors (Lipinski definition) is 1. The van der Waals surface area contributed by atoms with Crippen LogP contribution >= 0.6 is 0 Å². The number of carbonyl (C=O) groups is 2. The summed E-state index contributed by atoms with van der Waals surface area (Å²) in [6.07, 6.45) is -0.981. The third kappa shape index (κ3) is 4.35. The second kappa shape index (κ2) is 8.51. The van der Waals surface area contributed by atoms with Crippen LogP contribution in [0.3, 0.4) is 0 Å². The van der Waals surface area contributed by atoms with E-state index < -0.39 is 18.0 Å². The predicted molar refractivity (Wildman–Crippen MR) is 101 cm³/mol. The number of benzene rings is 2. The summed E-state index contributed by atoms with van der Waals surface area (Å²) in [4.78, 5) is 24.9. The maximum atomic E-state index is 12.6. The topological polar surface area (TPSA) is 77.8 Å². The summed E-state index contributed by atoms with van der Waals surface area (Å²) in [6, 6.07) is 16.3. The van der Waals surface area contributed by atoms with Crippen molar-refractivity contribution in [2.45, 2.75) is 26.6 Å². The zero-order valence-corrected chi connectivity index (χ0v) is 15.2. The summed E-state index contributed by atoms with van der Waals surface area (Å²) in [7, 11) is 0. The van der Waals surface area contributed by atoms with E-state index in [1.54, 1.807) is 30.3 Å². The van der Waals surface area contributed by atoms with Crippen LogP contribution < -0.4 is 5.32 Å². The first-order chi connectivity index (χ1) is 13.1. The number of rotatable bonds is 7. The Kier molecular flexibility index (Phi) is 5.88. The average Bonchev–Trinajstić information content (AvgIpc) is 3.05. The van der Waals surface area contributed by atoms with E-state index in [0.29, 0.717) is 23.4 Å². The molecular formula is C21H21NO5. The maximum absolute atomic E-state index is 12.6. The Morgan fingerprint density at radius 2 is 1.78 bits per heavy atom. The van der Waals surface area contributed by atoms with Crippen molar-refractivity contribution in [2.75, 3.05) is 11.9 Å². The third-order valence-electron chi connectivity index (χ3n) is 4.03. The Hall–Kier alpha value is -3.12. The summed E-state index contributed by atoms with van der Waals surface area (Å²) in [5.41, 5.74) is 1.82. The number of hydrogen-bond acceptors (Lipinski definition) is 5. The van der Waals surface area contributed by atoms with Gasteiger partial charge in [0.15, 0.2) is 6.10 Å². The van der Waals surface area contributed by atoms with Gasteiger partial charge in [-0.3, -0.25) is 4.79 Å². The zero-order chi connectivity index (χ0) is 19.2. The summed E-state index contributed by atoms with van der Waals surface area (Å²) in [6.45, 7) is 4.11. The van der Waals surface area contributed by atoms with E-state index >= 15 is 0 Å². The molecule has 2 aromatic carbocycles. The molecule has 1 N–H and O–H groups in total. The highest BCUT2D eigenvalue weighted by Gasteiger charge is 2.26. The van der Waals surface area contributed by atoms with Crippen molar-refractivity contribution in [3.63, 3.8) is 0 Å². The van der Waals surface area contributed by atoms with Crippen LogP contribution in [0, 0.1) is 0 Å². The molecule has 140 valence electrons. The van der Waals surface area contributed by atoms with E-state index in [1.165, 1.54) is 6.92 Å². The number of amides is 1. The van der Waals surface area contributed by atoms with Crippen molar-refractivity contribution in [3.05, 3.63) is 65.9 Å². The first kappa shape index (κ1) is 18.7. The van der Waals surface area contributed by atoms with Gasteiger partial charge in [0.25, 0.3) is 5.91 Å². The Balaban J connectivity index is 1.76. The van der Waals surface area contributed by atoms with Crippen LogP contribution in [0.4, 0.5) is 5.69 Å². The lowest BCUT2D eigenvalue weighted by atomic mass is 10.1. The lowest BCUT2D eigenvalue weighted by molar-refractivity contribution is -0.123. The molecule has 1 heterocycles. The molecule has 6 nitrogen and oxygen atoms in total. The highest BCUT2D eigenvalue weighted by atomic mass is 16.6. The molecule has 0 unspecified atom stereocenters. The van der Waals surface area contributed by atoms with Gasteiger partial charge < -0.3 is 19.2 Å². The minimum atomic E-state index is -0.981. The van der Waals surface area contributed by atoms with Crippen LogP contribution in [-0.4, -0.2) is 24.6 Å². The molecule has 1 atom stereocenters. The Morgan fingerprint density at radius 1 is 1.07 bits per heavy atom. The van der Waals surface area contributed by atoms with Gasteiger partial charge in [0.2, 0.25) is 5.76 Å². The summed E-state index contributed by atoms with van der Waals surface area (Å²) in [5, 5.41) is 3.49. The van der Waals surface area contributed by atoms with Crippen LogP contribution in [0.25, 0.3) is 11.0 Å². The van der Waals surface area contributed by atoms with Crippen LogP contribution in [-0.2, 0) is 20.9 Å². The highest BCUT2D eigenvalue weighted by Crippen LogP contribution is 2.27. The second-order valence-corrected chi connectivity index (χ2v) is 5.95. The van der Waals surface area contributed by atoms with Crippen molar-refractivity contribution in [2.24, 2.45) is 0 Å². The summed E-state index contributed by atoms with van der Waals surface area (Å²) >= 11 is 0. The van der Waals surface area contributed by atoms with Gasteiger partial charge in [-0.25, -0.2) is 4.79 Å². The quantitative estimate of drug-likeness (QED) is 0.635. The van der Waals surface area contributed by atoms with E-state index in [1.807, 2.05) is 31.2 Å². The monoisotopic (exact) mass is 367 g/mol. The number of fused-ring (bicyclic) bond motifs is 1. The zero-order valence-electron chi connectivity index (χ0n) is 15.2. The SMILES string of the molecule is CCOCc1c(C(=O)O[C@H](C)C(=O)Nc2ccccc2)oc2ccccc12. The van der Waals surface area contributed by atoms with Crippen molar-refractivity contribution in [1.82, 2.24) is 0 Å². The minimum Gasteiger partial charge on any atom is -0.449 e. The fraction of sp³-hybridized carbons (Fsp3) is 0.238. The van der Waals surface area contributed by atoms with Gasteiger partial charge in [-0.05, 0) is 32.0 Å². The van der Waals surface area contributed by atoms with E-state index in [9.17, 15) is 9.59 Å². The molecule has 0 spiro atoms. The number of carbonyl (C=O) groups excluding carboxylic acids is 2. The van der Waals surface area contributed by atoms with Gasteiger partial charge >= 0.3 is 5.97 Å². The minimum absolute atomic E-state index is 0.0593. The lowest BCUT2D eigenvalue weighted by Crippen LogP contribution is -2.30. The standard InChI is InChI=1S/C21H21NO5/c1-3-25-13-17-16-11-7-8-12-18(16)27-19(17)21(24)26-14(2)20(23)22-15-9-5-4-6-10-15/h4-12,14H,3,13H2,1-2H3,(H,22,23)/t14-/m1/s1. The van der Waals surface area contributed by atoms with Crippen LogP contribution in [0.5, 0.6) is 0 Å². The highest BCUT2D eigenvalue weighted by molar-refractivity contribution is 5.99. The molecule has 0 fully saturated rings. The number of nitrogens with one attached hydrogen (secondary N) is 1. The molecule has 3 rings (SSSR count). The molecular weight excluding hydrogens is 346 g/mol. The number of ether oxygens (including phenoxy) is 2. The van der Waals surface area contributed by atoms with Gasteiger partial charge in [0.1, 0.15) is 5.58 Å². The smallest absolute Gasteiger partial charge is 0.375 e. The summed E-state index contributed by atoms with van der Waals surface area (Å²) < 4.78 is 16.5. The van der Waals surface area contributed by atoms with Gasteiger partial charge in [-0.15, -0.1) is 0 Å². The molecule has 1 aromatic heterocycles. The molecule has 0 aliphatic rings. The molecule has 0 aliphatic heterocycles. The molecule has 6 heteroatoms. The largest absolute Gasteiger partial charge is 0.449 e. The van der Waals surface area contributed by atoms with Crippen molar-refractivity contribution < 1.29 is 23.5 Å². The molecule has 0 saturated carbocycles. The summed E-state index contributed by atoms with van der Waals surface area (Å²) in [5.74, 6) is -1.06. The van der Waals surface area contributed by atoms with Crippen molar-refractivity contribution in [1.29, 1.82) is 0 Å². The first-order valence-corrected chi connectivity index (χ1v) is 8.75. The number of esters is 1. The molecule has 0 saturated heterocycles. The van der Waals surface area contributed by atoms with E-state index in [2.05, 4.69) is 5.32 Å². The Morgan fingerprint density at radius 3 is 2.52 bits per heavy atom. The van der Waals surface area contributed by atoms with Gasteiger partial charge in [-0.2, -0.15) is 0 Å². The number of para-hydroxylation sites is 2. The Labute approximate surface area is 157 Å². The molecule has 3 aromatic rings. The second-order valence-electron chi connectivity index (χ2n) is 5.95. The fourth-order valence-corrected chi connectivity index (χ4v) is 2.64. The van der Waals surface area contributed by atoms with Crippen molar-refractivity contribution >= 4 is 28.5 Å². The lowest BCUT2D eigenvalue weighted by Gasteiger charge is -2.13. The Bertz CT molecular complexity index is 932. The predicted octanol–water partition coefficient (Wildman–Crippen LogP) is 4.15. The van der Waals surface area contributed by atoms with Gasteiger partial charge in [0.05, 0.1) is 6.61 Å². The first-order valence-electron chi connectivity index (χ1n) is 8.75. The molecule has 0 radical (unpaired) electrons. The fourth-order valence-electron chi connectivity index (χ4n) is 2.64. The van der Waals surface area contributed by atoms with Crippen molar-refractivity contribution in [3.8, 4) is 0 Å². The molecule has 27 heavy (non-hydrogen) atoms. The third-order valence-corrected chi connectivity index (χ3v) is 4.03. The molecule has 0 aliphatic carbocycles. The van der Waals surface area contributed by atoms with Crippen LogP contribution in [0.1, 0.15) is 30.0 Å². The van der Waals surface area contributed by atoms with E-state index in [4.69, 9.17) is 13.9 Å². The molecule has 1 amide bonds.